The summed E-state index contributed by atoms with van der Waals surface area (Å²) in [5.74, 6) is 0.0918. The molecule has 0 atom stereocenters. The van der Waals surface area contributed by atoms with Crippen LogP contribution in [0.5, 0.6) is 0 Å². The van der Waals surface area contributed by atoms with Crippen LogP contribution >= 0.6 is 19.2 Å². The minimum Gasteiger partial charge on any atom is -0.368 e. The van der Waals surface area contributed by atoms with Crippen molar-refractivity contribution in [1.82, 2.24) is 19.5 Å². The van der Waals surface area contributed by atoms with Crippen molar-refractivity contribution in [3.05, 3.63) is 23.6 Å². The van der Waals surface area contributed by atoms with Crippen molar-refractivity contribution in [3.63, 3.8) is 0 Å². The lowest BCUT2D eigenvalue weighted by Crippen LogP contribution is -2.04. The molecule has 2 N–H and O–H groups in total. The molecule has 2 rings (SSSR count). The van der Waals surface area contributed by atoms with Gasteiger partial charge >= 0.3 is 7.60 Å². The van der Waals surface area contributed by atoms with Crippen LogP contribution in [-0.2, 0) is 24.9 Å². The van der Waals surface area contributed by atoms with Crippen molar-refractivity contribution >= 4 is 36.3 Å². The zero-order valence-electron chi connectivity index (χ0n) is 14.1. The maximum atomic E-state index is 12.2. The molecule has 9 nitrogen and oxygen atoms in total. The third-order valence-corrected chi connectivity index (χ3v) is 5.09. The van der Waals surface area contributed by atoms with Crippen LogP contribution in [0.2, 0.25) is 5.15 Å². The first-order valence-electron chi connectivity index (χ1n) is 7.73. The number of hydrogen-bond donors (Lipinski definition) is 1. The number of fused-ring (bicyclic) bond motifs is 1. The molecule has 0 saturated carbocycles. The average molecular weight is 390 g/mol. The molecule has 138 valence electrons. The molecule has 25 heavy (non-hydrogen) atoms. The molecule has 0 aromatic carbocycles. The van der Waals surface area contributed by atoms with E-state index in [0.717, 1.165) is 0 Å². The monoisotopic (exact) mass is 389 g/mol. The quantitative estimate of drug-likeness (QED) is 0.285. The van der Waals surface area contributed by atoms with Crippen LogP contribution in [0, 0.1) is 0 Å². The standard InChI is InChI=1S/C14H21ClN5O4P/c1-3-23-25(21,24-4-2)10-22-8-6-5-7-20-9-17-11-12(15)18-14(16)19-13(11)20/h5-6,9H,3-4,7-8,10H2,1-2H3,(H2,16,18,19). The third-order valence-electron chi connectivity index (χ3n) is 3.02. The number of halogens is 1. The molecular weight excluding hydrogens is 369 g/mol. The van der Waals surface area contributed by atoms with Gasteiger partial charge in [-0.1, -0.05) is 23.8 Å². The van der Waals surface area contributed by atoms with Gasteiger partial charge in [0.05, 0.1) is 26.1 Å². The van der Waals surface area contributed by atoms with E-state index in [9.17, 15) is 4.57 Å². The number of hydrogen-bond acceptors (Lipinski definition) is 8. The van der Waals surface area contributed by atoms with Crippen molar-refractivity contribution in [2.45, 2.75) is 20.4 Å². The number of rotatable bonds is 10. The Labute approximate surface area is 150 Å². The van der Waals surface area contributed by atoms with Crippen LogP contribution in [0.4, 0.5) is 5.95 Å². The Balaban J connectivity index is 1.87. The largest absolute Gasteiger partial charge is 0.368 e. The Hall–Kier alpha value is -1.51. The van der Waals surface area contributed by atoms with Crippen molar-refractivity contribution in [3.8, 4) is 0 Å². The molecule has 0 radical (unpaired) electrons. The van der Waals surface area contributed by atoms with Gasteiger partial charge in [-0.2, -0.15) is 9.97 Å². The summed E-state index contributed by atoms with van der Waals surface area (Å²) < 4.78 is 29.6. The number of ether oxygens (including phenoxy) is 1. The zero-order valence-corrected chi connectivity index (χ0v) is 15.7. The van der Waals surface area contributed by atoms with Gasteiger partial charge in [0.1, 0.15) is 11.9 Å². The molecule has 0 bridgehead atoms. The molecule has 0 amide bonds. The molecule has 0 saturated heterocycles. The van der Waals surface area contributed by atoms with E-state index in [0.29, 0.717) is 30.9 Å². The van der Waals surface area contributed by atoms with Crippen LogP contribution in [0.3, 0.4) is 0 Å². The molecule has 0 fully saturated rings. The third kappa shape index (κ3) is 5.49. The highest BCUT2D eigenvalue weighted by molar-refractivity contribution is 7.53. The molecule has 0 aliphatic rings. The van der Waals surface area contributed by atoms with Crippen LogP contribution < -0.4 is 5.73 Å². The SMILES string of the molecule is CCOP(=O)(COCC=CCn1cnc2c(Cl)nc(N)nc21)OCC. The first kappa shape index (κ1) is 19.8. The van der Waals surface area contributed by atoms with Crippen molar-refractivity contribution in [1.29, 1.82) is 0 Å². The zero-order chi connectivity index (χ0) is 18.3. The van der Waals surface area contributed by atoms with E-state index < -0.39 is 7.60 Å². The number of nitrogen functional groups attached to an aromatic ring is 1. The lowest BCUT2D eigenvalue weighted by atomic mass is 10.5. The fourth-order valence-corrected chi connectivity index (χ4v) is 3.61. The Morgan fingerprint density at radius 1 is 1.28 bits per heavy atom. The average Bonchev–Trinajstić information content (AvgIpc) is 2.94. The number of imidazole rings is 1. The van der Waals surface area contributed by atoms with Crippen LogP contribution in [0.15, 0.2) is 18.5 Å². The predicted octanol–water partition coefficient (Wildman–Crippen LogP) is 2.86. The summed E-state index contributed by atoms with van der Waals surface area (Å²) in [5, 5.41) is 0.219. The number of allylic oxidation sites excluding steroid dienone is 1. The van der Waals surface area contributed by atoms with Crippen LogP contribution in [-0.4, -0.2) is 45.7 Å². The first-order valence-corrected chi connectivity index (χ1v) is 9.84. The van der Waals surface area contributed by atoms with E-state index in [1.807, 2.05) is 6.08 Å². The predicted molar refractivity (Wildman–Crippen MR) is 95.6 cm³/mol. The summed E-state index contributed by atoms with van der Waals surface area (Å²) in [4.78, 5) is 12.2. The highest BCUT2D eigenvalue weighted by atomic mass is 35.5. The van der Waals surface area contributed by atoms with Gasteiger partial charge in [0, 0.05) is 6.54 Å². The summed E-state index contributed by atoms with van der Waals surface area (Å²) in [7, 11) is -3.18. The van der Waals surface area contributed by atoms with Gasteiger partial charge < -0.3 is 24.1 Å². The van der Waals surface area contributed by atoms with Gasteiger partial charge in [-0.15, -0.1) is 0 Å². The van der Waals surface area contributed by atoms with Gasteiger partial charge in [-0.05, 0) is 13.8 Å². The number of nitrogens with zero attached hydrogens (tertiary/aromatic N) is 4. The Kier molecular flexibility index (Phi) is 7.34. The van der Waals surface area contributed by atoms with E-state index >= 15 is 0 Å². The molecule has 0 spiro atoms. The normalized spacial score (nSPS) is 12.4. The van der Waals surface area contributed by atoms with Gasteiger partial charge in [0.2, 0.25) is 5.95 Å². The Morgan fingerprint density at radius 3 is 2.68 bits per heavy atom. The molecule has 0 unspecified atom stereocenters. The van der Waals surface area contributed by atoms with E-state index in [-0.39, 0.29) is 24.1 Å². The topological polar surface area (TPSA) is 114 Å². The fourth-order valence-electron chi connectivity index (χ4n) is 2.05. The Bertz CT molecular complexity index is 772. The Morgan fingerprint density at radius 2 is 2.00 bits per heavy atom. The second-order valence-corrected chi connectivity index (χ2v) is 7.21. The van der Waals surface area contributed by atoms with E-state index in [1.165, 1.54) is 0 Å². The number of nitrogens with two attached hydrogens (primary N) is 1. The van der Waals surface area contributed by atoms with Crippen LogP contribution in [0.25, 0.3) is 11.2 Å². The van der Waals surface area contributed by atoms with Crippen molar-refractivity contribution < 1.29 is 18.3 Å². The maximum Gasteiger partial charge on any atom is 0.356 e. The van der Waals surface area contributed by atoms with Gasteiger partial charge in [-0.25, -0.2) is 4.98 Å². The maximum absolute atomic E-state index is 12.2. The second-order valence-electron chi connectivity index (χ2n) is 4.86. The number of anilines is 1. The molecular formula is C14H21ClN5O4P. The van der Waals surface area contributed by atoms with Crippen molar-refractivity contribution in [2.75, 3.05) is 31.9 Å². The van der Waals surface area contributed by atoms with E-state index in [2.05, 4.69) is 15.0 Å². The highest BCUT2D eigenvalue weighted by Crippen LogP contribution is 2.47. The van der Waals surface area contributed by atoms with Crippen LogP contribution in [0.1, 0.15) is 13.8 Å². The molecule has 2 aromatic heterocycles. The van der Waals surface area contributed by atoms with Gasteiger partial charge in [0.15, 0.2) is 10.8 Å². The van der Waals surface area contributed by atoms with Crippen molar-refractivity contribution in [2.24, 2.45) is 0 Å². The lowest BCUT2D eigenvalue weighted by Gasteiger charge is -2.16. The minimum absolute atomic E-state index is 0.0909. The van der Waals surface area contributed by atoms with E-state index in [1.54, 1.807) is 30.8 Å². The summed E-state index contributed by atoms with van der Waals surface area (Å²) in [5.41, 5.74) is 6.65. The molecule has 2 heterocycles. The highest BCUT2D eigenvalue weighted by Gasteiger charge is 2.23. The molecule has 11 heteroatoms. The fraction of sp³-hybridized carbons (Fsp3) is 0.500. The molecule has 0 aliphatic carbocycles. The minimum atomic E-state index is -3.18. The number of aromatic nitrogens is 4. The summed E-state index contributed by atoms with van der Waals surface area (Å²) >= 11 is 5.98. The first-order chi connectivity index (χ1) is 12.0. The lowest BCUT2D eigenvalue weighted by molar-refractivity contribution is 0.149. The molecule has 2 aromatic rings. The second kappa shape index (κ2) is 9.26. The summed E-state index contributed by atoms with van der Waals surface area (Å²) in [6, 6.07) is 0. The van der Waals surface area contributed by atoms with E-state index in [4.69, 9.17) is 31.1 Å². The van der Waals surface area contributed by atoms with Gasteiger partial charge in [0.25, 0.3) is 0 Å². The summed E-state index contributed by atoms with van der Waals surface area (Å²) in [6.07, 6.45) is 5.17. The summed E-state index contributed by atoms with van der Waals surface area (Å²) in [6.45, 7) is 4.89. The van der Waals surface area contributed by atoms with Gasteiger partial charge in [-0.3, -0.25) is 4.57 Å². The molecule has 0 aliphatic heterocycles. The smallest absolute Gasteiger partial charge is 0.356 e.